The summed E-state index contributed by atoms with van der Waals surface area (Å²) in [6, 6.07) is 19.2. The van der Waals surface area contributed by atoms with Crippen LogP contribution in [0, 0.1) is 17.0 Å². The summed E-state index contributed by atoms with van der Waals surface area (Å²) in [5, 5.41) is 19.5. The lowest BCUT2D eigenvalue weighted by Gasteiger charge is -2.10. The highest BCUT2D eigenvalue weighted by Crippen LogP contribution is 2.31. The molecule has 0 atom stereocenters. The van der Waals surface area contributed by atoms with E-state index in [4.69, 9.17) is 4.74 Å². The summed E-state index contributed by atoms with van der Waals surface area (Å²) in [7, 11) is 0. The average Bonchev–Trinajstić information content (AvgIpc) is 3.20. The summed E-state index contributed by atoms with van der Waals surface area (Å²) in [6.45, 7) is 1.74. The first-order valence-corrected chi connectivity index (χ1v) is 11.0. The van der Waals surface area contributed by atoms with Crippen LogP contribution >= 0.6 is 0 Å². The number of aryl methyl sites for hydroxylation is 1. The molecule has 3 heterocycles. The number of non-ortho nitro benzene ring substituents is 1. The zero-order valence-corrected chi connectivity index (χ0v) is 19.2. The number of carbonyl (C=O) groups excluding carboxylic acids is 1. The largest absolute Gasteiger partial charge is 0.455 e. The molecular formula is C26H20N6O4. The van der Waals surface area contributed by atoms with Gasteiger partial charge < -0.3 is 10.1 Å². The van der Waals surface area contributed by atoms with Crippen molar-refractivity contribution in [1.29, 1.82) is 0 Å². The van der Waals surface area contributed by atoms with E-state index in [1.807, 2.05) is 43.3 Å². The number of nitrogens with one attached hydrogen (secondary N) is 1. The van der Waals surface area contributed by atoms with Crippen molar-refractivity contribution < 1.29 is 14.5 Å². The Morgan fingerprint density at radius 3 is 2.64 bits per heavy atom. The van der Waals surface area contributed by atoms with E-state index in [1.54, 1.807) is 24.5 Å². The van der Waals surface area contributed by atoms with E-state index in [0.717, 1.165) is 22.2 Å². The first kappa shape index (κ1) is 22.7. The second kappa shape index (κ2) is 9.63. The van der Waals surface area contributed by atoms with E-state index in [-0.39, 0.29) is 23.7 Å². The molecule has 0 aliphatic rings. The van der Waals surface area contributed by atoms with E-state index in [2.05, 4.69) is 20.4 Å². The molecule has 0 radical (unpaired) electrons. The lowest BCUT2D eigenvalue weighted by Crippen LogP contribution is -2.20. The van der Waals surface area contributed by atoms with Crippen LogP contribution in [0.25, 0.3) is 22.2 Å². The molecule has 0 saturated carbocycles. The van der Waals surface area contributed by atoms with Crippen molar-refractivity contribution in [2.75, 3.05) is 5.32 Å². The van der Waals surface area contributed by atoms with Gasteiger partial charge >= 0.3 is 0 Å². The van der Waals surface area contributed by atoms with Crippen LogP contribution < -0.4 is 10.1 Å². The fraction of sp³-hybridized carbons (Fsp3) is 0.0769. The Labute approximate surface area is 205 Å². The second-order valence-electron chi connectivity index (χ2n) is 7.98. The number of amides is 1. The number of hydrogen-bond donors (Lipinski definition) is 1. The van der Waals surface area contributed by atoms with Crippen LogP contribution in [0.5, 0.6) is 11.5 Å². The van der Waals surface area contributed by atoms with Gasteiger partial charge in [0.2, 0.25) is 5.91 Å². The molecule has 0 spiro atoms. The molecule has 5 rings (SSSR count). The SMILES string of the molecule is Cc1nn(CC(=O)Nc2cc(Oc3cccnc3)cc([N+](=O)[O-])c2)c2nccc(-c3ccccc3)c12. The van der Waals surface area contributed by atoms with Crippen LogP contribution in [0.1, 0.15) is 5.69 Å². The van der Waals surface area contributed by atoms with Crippen LogP contribution in [0.3, 0.4) is 0 Å². The first-order valence-electron chi connectivity index (χ1n) is 11.0. The molecule has 0 unspecified atom stereocenters. The van der Waals surface area contributed by atoms with E-state index in [1.165, 1.54) is 29.1 Å². The Kier molecular flexibility index (Phi) is 6.06. The van der Waals surface area contributed by atoms with Crippen molar-refractivity contribution in [3.63, 3.8) is 0 Å². The Balaban J connectivity index is 1.41. The van der Waals surface area contributed by atoms with E-state index in [0.29, 0.717) is 11.4 Å². The Morgan fingerprint density at radius 2 is 1.89 bits per heavy atom. The zero-order chi connectivity index (χ0) is 25.1. The topological polar surface area (TPSA) is 125 Å². The van der Waals surface area contributed by atoms with Gasteiger partial charge in [-0.25, -0.2) is 9.67 Å². The maximum Gasteiger partial charge on any atom is 0.275 e. The predicted octanol–water partition coefficient (Wildman–Crippen LogP) is 5.14. The number of hydrogen-bond acceptors (Lipinski definition) is 7. The second-order valence-corrected chi connectivity index (χ2v) is 7.98. The third-order valence-electron chi connectivity index (χ3n) is 5.44. The molecule has 10 nitrogen and oxygen atoms in total. The van der Waals surface area contributed by atoms with Gasteiger partial charge in [-0.15, -0.1) is 0 Å². The first-order chi connectivity index (χ1) is 17.5. The number of nitro benzene ring substituents is 1. The average molecular weight is 480 g/mol. The van der Waals surface area contributed by atoms with Crippen molar-refractivity contribution in [3.05, 3.63) is 101 Å². The smallest absolute Gasteiger partial charge is 0.275 e. The lowest BCUT2D eigenvalue weighted by molar-refractivity contribution is -0.384. The number of fused-ring (bicyclic) bond motifs is 1. The molecule has 2 aromatic carbocycles. The van der Waals surface area contributed by atoms with Gasteiger partial charge in [-0.3, -0.25) is 19.9 Å². The number of pyridine rings is 2. The van der Waals surface area contributed by atoms with Crippen LogP contribution in [0.15, 0.2) is 85.3 Å². The molecule has 0 bridgehead atoms. The van der Waals surface area contributed by atoms with Gasteiger partial charge in [-0.05, 0) is 36.2 Å². The molecule has 10 heteroatoms. The molecule has 178 valence electrons. The minimum atomic E-state index is -0.550. The predicted molar refractivity (Wildman–Crippen MR) is 134 cm³/mol. The summed E-state index contributed by atoms with van der Waals surface area (Å²) in [5.74, 6) is 0.190. The van der Waals surface area contributed by atoms with Gasteiger partial charge in [-0.2, -0.15) is 5.10 Å². The monoisotopic (exact) mass is 480 g/mol. The van der Waals surface area contributed by atoms with Crippen molar-refractivity contribution in [2.45, 2.75) is 13.5 Å². The number of rotatable bonds is 7. The maximum absolute atomic E-state index is 12.9. The molecule has 3 aromatic heterocycles. The summed E-state index contributed by atoms with van der Waals surface area (Å²) in [4.78, 5) is 32.2. The third-order valence-corrected chi connectivity index (χ3v) is 5.44. The highest BCUT2D eigenvalue weighted by Gasteiger charge is 2.17. The van der Waals surface area contributed by atoms with Gasteiger partial charge in [0.15, 0.2) is 5.65 Å². The highest BCUT2D eigenvalue weighted by atomic mass is 16.6. The van der Waals surface area contributed by atoms with E-state index >= 15 is 0 Å². The molecule has 0 saturated heterocycles. The van der Waals surface area contributed by atoms with Crippen molar-refractivity contribution in [3.8, 4) is 22.6 Å². The van der Waals surface area contributed by atoms with Crippen molar-refractivity contribution >= 4 is 28.3 Å². The molecule has 1 N–H and O–H groups in total. The number of anilines is 1. The number of ether oxygens (including phenoxy) is 1. The van der Waals surface area contributed by atoms with Gasteiger partial charge in [0.05, 0.1) is 28.6 Å². The molecule has 1 amide bonds. The standard InChI is InChI=1S/C26H20N6O4/c1-17-25-23(18-6-3-2-4-7-18)9-11-28-26(25)31(30-17)16-24(33)29-19-12-20(32(34)35)14-22(13-19)36-21-8-5-10-27-15-21/h2-15H,16H2,1H3,(H,29,33). The van der Waals surface area contributed by atoms with E-state index in [9.17, 15) is 14.9 Å². The number of aromatic nitrogens is 4. The van der Waals surface area contributed by atoms with Crippen LogP contribution in [-0.4, -0.2) is 30.6 Å². The minimum absolute atomic E-state index is 0.128. The molecule has 5 aromatic rings. The number of nitrogens with zero attached hydrogens (tertiary/aromatic N) is 5. The van der Waals surface area contributed by atoms with Crippen LogP contribution in [0.2, 0.25) is 0 Å². The quantitative estimate of drug-likeness (QED) is 0.252. The lowest BCUT2D eigenvalue weighted by atomic mass is 10.0. The van der Waals surface area contributed by atoms with Crippen LogP contribution in [-0.2, 0) is 11.3 Å². The Hall–Kier alpha value is -5.12. The molecular weight excluding hydrogens is 460 g/mol. The number of benzene rings is 2. The maximum atomic E-state index is 12.9. The highest BCUT2D eigenvalue weighted by molar-refractivity contribution is 5.96. The Morgan fingerprint density at radius 1 is 1.06 bits per heavy atom. The minimum Gasteiger partial charge on any atom is -0.455 e. The fourth-order valence-electron chi connectivity index (χ4n) is 3.95. The number of nitro groups is 1. The summed E-state index contributed by atoms with van der Waals surface area (Å²) >= 11 is 0. The summed E-state index contributed by atoms with van der Waals surface area (Å²) in [5.41, 5.74) is 3.31. The third kappa shape index (κ3) is 4.73. The summed E-state index contributed by atoms with van der Waals surface area (Å²) < 4.78 is 7.20. The normalized spacial score (nSPS) is 10.8. The van der Waals surface area contributed by atoms with Gasteiger partial charge in [0, 0.05) is 29.9 Å². The molecule has 0 aliphatic heterocycles. The molecule has 0 aliphatic carbocycles. The van der Waals surface area contributed by atoms with Gasteiger partial charge in [0.25, 0.3) is 5.69 Å². The van der Waals surface area contributed by atoms with Crippen molar-refractivity contribution in [2.24, 2.45) is 0 Å². The van der Waals surface area contributed by atoms with E-state index < -0.39 is 10.8 Å². The Bertz CT molecular complexity index is 1570. The summed E-state index contributed by atoms with van der Waals surface area (Å²) in [6.07, 6.45) is 4.76. The van der Waals surface area contributed by atoms with Crippen LogP contribution in [0.4, 0.5) is 11.4 Å². The van der Waals surface area contributed by atoms with Gasteiger partial charge in [-0.1, -0.05) is 30.3 Å². The molecule has 0 fully saturated rings. The van der Waals surface area contributed by atoms with Crippen molar-refractivity contribution in [1.82, 2.24) is 19.7 Å². The zero-order valence-electron chi connectivity index (χ0n) is 19.2. The fourth-order valence-corrected chi connectivity index (χ4v) is 3.95. The van der Waals surface area contributed by atoms with Gasteiger partial charge in [0.1, 0.15) is 18.0 Å². The molecule has 36 heavy (non-hydrogen) atoms. The number of carbonyl (C=O) groups is 1.